The van der Waals surface area contributed by atoms with Gasteiger partial charge in [-0.2, -0.15) is 0 Å². The van der Waals surface area contributed by atoms with Gasteiger partial charge in [-0.05, 0) is 12.1 Å². The number of rotatable bonds is 11. The molecule has 6 N–H and O–H groups in total. The molecule has 17 nitrogen and oxygen atoms in total. The van der Waals surface area contributed by atoms with Crippen molar-refractivity contribution in [2.45, 2.75) is 31.0 Å². The number of para-hydroxylation sites is 1. The zero-order valence-corrected chi connectivity index (χ0v) is 21.0. The van der Waals surface area contributed by atoms with Gasteiger partial charge in [0, 0.05) is 18.0 Å². The zero-order valence-electron chi connectivity index (χ0n) is 19.2. The van der Waals surface area contributed by atoms with Crippen LogP contribution < -0.4 is 16.6 Å². The fourth-order valence-electron chi connectivity index (χ4n) is 3.26. The van der Waals surface area contributed by atoms with Gasteiger partial charge in [0.15, 0.2) is 12.3 Å². The van der Waals surface area contributed by atoms with Gasteiger partial charge in [0.25, 0.3) is 5.56 Å². The summed E-state index contributed by atoms with van der Waals surface area (Å²) >= 11 is 0. The van der Waals surface area contributed by atoms with Crippen LogP contribution in [0.15, 0.2) is 52.2 Å². The van der Waals surface area contributed by atoms with Crippen molar-refractivity contribution in [3.05, 3.63) is 63.4 Å². The number of aromatic amines is 1. The molecule has 3 rings (SSSR count). The summed E-state index contributed by atoms with van der Waals surface area (Å²) in [6, 6.07) is 8.98. The van der Waals surface area contributed by atoms with Gasteiger partial charge in [0.1, 0.15) is 12.2 Å². The lowest BCUT2D eigenvalue weighted by atomic mass is 10.1. The molecule has 208 valence electrons. The number of ether oxygens (including phenoxy) is 2. The predicted molar refractivity (Wildman–Crippen MR) is 125 cm³/mol. The molecule has 19 heteroatoms. The fourth-order valence-corrected chi connectivity index (χ4v) is 5.87. The topological polar surface area (TPSA) is 253 Å². The number of aliphatic hydroxyl groups excluding tert-OH is 1. The number of carboxylic acids is 1. The van der Waals surface area contributed by atoms with Crippen LogP contribution in [0.1, 0.15) is 12.6 Å². The van der Waals surface area contributed by atoms with Crippen molar-refractivity contribution in [1.82, 2.24) is 9.55 Å². The highest BCUT2D eigenvalue weighted by Crippen LogP contribution is 2.60. The number of aliphatic carboxylic acids is 1. The Labute approximate surface area is 212 Å². The number of carbonyl (C=O) groups excluding carboxylic acids is 1. The fraction of sp³-hybridized carbons (Fsp3) is 0.368. The van der Waals surface area contributed by atoms with E-state index < -0.39 is 82.5 Å². The number of amides is 1. The number of hydrogen-bond donors (Lipinski definition) is 6. The van der Waals surface area contributed by atoms with Crippen molar-refractivity contribution < 1.29 is 57.0 Å². The maximum atomic E-state index is 12.4. The summed E-state index contributed by atoms with van der Waals surface area (Å²) in [7, 11) is -10.1. The maximum Gasteiger partial charge on any atom is 0.479 e. The third-order valence-electron chi connectivity index (χ3n) is 4.94. The van der Waals surface area contributed by atoms with Crippen molar-refractivity contribution in [1.29, 1.82) is 0 Å². The first-order chi connectivity index (χ1) is 17.8. The molecule has 38 heavy (non-hydrogen) atoms. The molecule has 0 spiro atoms. The smallest absolute Gasteiger partial charge is 0.479 e. The first-order valence-corrected chi connectivity index (χ1v) is 13.9. The molecule has 1 aromatic carbocycles. The monoisotopic (exact) mass is 579 g/mol. The lowest BCUT2D eigenvalue weighted by Gasteiger charge is -2.22. The molecule has 1 aliphatic heterocycles. The molecule has 0 bridgehead atoms. The Hall–Kier alpha value is -3.14. The second-order valence-electron chi connectivity index (χ2n) is 7.78. The number of benzene rings is 1. The van der Waals surface area contributed by atoms with E-state index in [4.69, 9.17) is 14.6 Å². The molecule has 2 aromatic rings. The molecular formula is C19H23N3O14P2. The van der Waals surface area contributed by atoms with Crippen LogP contribution in [-0.2, 0) is 32.2 Å². The van der Waals surface area contributed by atoms with E-state index in [0.717, 1.165) is 16.8 Å². The average molecular weight is 579 g/mol. The summed E-state index contributed by atoms with van der Waals surface area (Å²) in [5, 5.41) is 21.7. The van der Waals surface area contributed by atoms with E-state index in [1.165, 1.54) is 0 Å². The minimum Gasteiger partial charge on any atom is -0.481 e. The van der Waals surface area contributed by atoms with E-state index in [1.807, 2.05) is 4.98 Å². The first-order valence-electron chi connectivity index (χ1n) is 10.7. The normalized spacial score (nSPS) is 24.2. The Kier molecular flexibility index (Phi) is 9.40. The van der Waals surface area contributed by atoms with Crippen LogP contribution >= 0.6 is 15.4 Å². The van der Waals surface area contributed by atoms with E-state index >= 15 is 0 Å². The number of phosphoric acid groups is 1. The van der Waals surface area contributed by atoms with Crippen LogP contribution in [0.25, 0.3) is 0 Å². The average Bonchev–Trinajstić information content (AvgIpc) is 3.11. The summed E-state index contributed by atoms with van der Waals surface area (Å²) in [5.41, 5.74) is -1.42. The van der Waals surface area contributed by atoms with Gasteiger partial charge < -0.3 is 29.5 Å². The molecule has 1 amide bonds. The summed E-state index contributed by atoms with van der Waals surface area (Å²) in [5.74, 6) is -1.45. The molecule has 0 saturated carbocycles. The minimum absolute atomic E-state index is 0.332. The molecule has 6 unspecified atom stereocenters. The third-order valence-corrected chi connectivity index (χ3v) is 8.05. The largest absolute Gasteiger partial charge is 0.481 e. The van der Waals surface area contributed by atoms with Gasteiger partial charge in [-0.25, -0.2) is 18.5 Å². The van der Waals surface area contributed by atoms with E-state index in [0.29, 0.717) is 5.69 Å². The Bertz CT molecular complexity index is 1360. The van der Waals surface area contributed by atoms with Crippen LogP contribution in [0.5, 0.6) is 0 Å². The molecule has 1 saturated heterocycles. The molecular weight excluding hydrogens is 556 g/mol. The molecule has 0 radical (unpaired) electrons. The van der Waals surface area contributed by atoms with Crippen LogP contribution in [0.3, 0.4) is 0 Å². The number of carboxylic acid groups (broad SMARTS) is 1. The van der Waals surface area contributed by atoms with Gasteiger partial charge in [-0.1, -0.05) is 18.2 Å². The van der Waals surface area contributed by atoms with E-state index in [-0.39, 0.29) is 0 Å². The summed E-state index contributed by atoms with van der Waals surface area (Å²) in [6.07, 6.45) is -8.40. The quantitative estimate of drug-likeness (QED) is 0.195. The highest BCUT2D eigenvalue weighted by Gasteiger charge is 2.49. The number of nitrogens with one attached hydrogen (secondary N) is 2. The Morgan fingerprint density at radius 2 is 1.82 bits per heavy atom. The highest BCUT2D eigenvalue weighted by molar-refractivity contribution is 7.64. The number of carbonyl (C=O) groups is 2. The Balaban J connectivity index is 1.75. The maximum absolute atomic E-state index is 12.4. The summed E-state index contributed by atoms with van der Waals surface area (Å²) in [4.78, 5) is 68.1. The zero-order chi connectivity index (χ0) is 28.1. The van der Waals surface area contributed by atoms with Crippen LogP contribution in [0.4, 0.5) is 10.5 Å². The molecule has 0 aliphatic carbocycles. The van der Waals surface area contributed by atoms with Crippen molar-refractivity contribution in [2.24, 2.45) is 0 Å². The van der Waals surface area contributed by atoms with Gasteiger partial charge in [0.05, 0.1) is 19.2 Å². The van der Waals surface area contributed by atoms with E-state index in [1.54, 1.807) is 30.3 Å². The number of hydrogen-bond acceptors (Lipinski definition) is 11. The third kappa shape index (κ3) is 8.18. The molecule has 1 aromatic heterocycles. The van der Waals surface area contributed by atoms with E-state index in [2.05, 4.69) is 14.2 Å². The number of anilines is 1. The van der Waals surface area contributed by atoms with E-state index in [9.17, 15) is 43.2 Å². The second kappa shape index (κ2) is 12.1. The number of aromatic nitrogens is 2. The number of aliphatic hydroxyl groups is 1. The number of phosphoric ester groups is 1. The Morgan fingerprint density at radius 3 is 2.45 bits per heavy atom. The second-order valence-corrected chi connectivity index (χ2v) is 11.4. The standard InChI is InChI=1S/C19H23N3O14P2/c23-13-6-8-22(18(27)21-13)17-16(35-19(28)20-11-4-2-1-3-5-11)15(26)12(34-17)10-33-38(31,32)36-37(29,30)9-7-14(24)25/h1-6,8,12,15-17,26H,7,9-10H2,(H,20,28)(H,24,25)(H,29,30)(H,31,32)(H,21,23,27). The molecule has 6 atom stereocenters. The minimum atomic E-state index is -5.29. The lowest BCUT2D eigenvalue weighted by Crippen LogP contribution is -2.41. The van der Waals surface area contributed by atoms with Crippen LogP contribution in [-0.4, -0.2) is 72.7 Å². The number of H-pyrrole nitrogens is 1. The van der Waals surface area contributed by atoms with Gasteiger partial charge in [-0.3, -0.25) is 33.5 Å². The Morgan fingerprint density at radius 1 is 1.13 bits per heavy atom. The van der Waals surface area contributed by atoms with Crippen molar-refractivity contribution in [3.8, 4) is 0 Å². The summed E-state index contributed by atoms with van der Waals surface area (Å²) < 4.78 is 44.4. The van der Waals surface area contributed by atoms with Crippen molar-refractivity contribution >= 4 is 33.2 Å². The SMILES string of the molecule is O=C(O)CCP(=O)(O)OP(=O)(O)OCC1OC(n2ccc(=O)[nH]c2=O)C(OC(=O)Nc2ccccc2)C1O. The van der Waals surface area contributed by atoms with Crippen LogP contribution in [0.2, 0.25) is 0 Å². The van der Waals surface area contributed by atoms with Crippen molar-refractivity contribution in [3.63, 3.8) is 0 Å². The molecule has 1 aliphatic rings. The predicted octanol–water partition coefficient (Wildman–Crippen LogP) is 0.206. The lowest BCUT2D eigenvalue weighted by molar-refractivity contribution is -0.136. The molecule has 1 fully saturated rings. The van der Waals surface area contributed by atoms with Gasteiger partial charge in [-0.15, -0.1) is 0 Å². The highest BCUT2D eigenvalue weighted by atomic mass is 31.3. The van der Waals surface area contributed by atoms with Crippen LogP contribution in [0, 0.1) is 0 Å². The molecule has 2 heterocycles. The van der Waals surface area contributed by atoms with Crippen molar-refractivity contribution in [2.75, 3.05) is 18.1 Å². The summed E-state index contributed by atoms with van der Waals surface area (Å²) in [6.45, 7) is -0.970. The first kappa shape index (κ1) is 29.4. The van der Waals surface area contributed by atoms with Gasteiger partial charge >= 0.3 is 33.2 Å². The number of nitrogens with zero attached hydrogens (tertiary/aromatic N) is 1. The van der Waals surface area contributed by atoms with Gasteiger partial charge in [0.2, 0.25) is 0 Å².